The molecule has 1 spiro atoms. The van der Waals surface area contributed by atoms with E-state index in [1.54, 1.807) is 23.1 Å². The molecule has 2 heterocycles. The van der Waals surface area contributed by atoms with Gasteiger partial charge in [0.2, 0.25) is 5.91 Å². The first kappa shape index (κ1) is 17.7. The van der Waals surface area contributed by atoms with Crippen LogP contribution in [0.15, 0.2) is 48.5 Å². The van der Waals surface area contributed by atoms with Crippen LogP contribution in [0.25, 0.3) is 0 Å². The largest absolute Gasteiger partial charge is 0.449 e. The highest BCUT2D eigenvalue weighted by Gasteiger charge is 2.57. The molecule has 0 bridgehead atoms. The maximum absolute atomic E-state index is 13.6. The predicted octanol–water partition coefficient (Wildman–Crippen LogP) is 3.03. The Labute approximate surface area is 167 Å². The number of hydrogen-bond acceptors (Lipinski definition) is 4. The summed E-state index contributed by atoms with van der Waals surface area (Å²) in [5, 5.41) is 10.6. The third-order valence-electron chi connectivity index (χ3n) is 6.42. The summed E-state index contributed by atoms with van der Waals surface area (Å²) in [5.74, 6) is -0.339. The van der Waals surface area contributed by atoms with Gasteiger partial charge in [-0.15, -0.1) is 0 Å². The molecule has 5 nitrogen and oxygen atoms in total. The number of rotatable bonds is 2. The average molecular weight is 398 g/mol. The first-order chi connectivity index (χ1) is 13.4. The van der Waals surface area contributed by atoms with Gasteiger partial charge in [0, 0.05) is 23.6 Å². The van der Waals surface area contributed by atoms with Crippen molar-refractivity contribution in [3.63, 3.8) is 0 Å². The molecule has 1 saturated heterocycles. The summed E-state index contributed by atoms with van der Waals surface area (Å²) in [6.45, 7) is 0.867. The van der Waals surface area contributed by atoms with Crippen molar-refractivity contribution in [2.45, 2.75) is 36.4 Å². The number of carbonyl (C=O) groups excluding carboxylic acids is 2. The van der Waals surface area contributed by atoms with E-state index >= 15 is 0 Å². The second-order valence-corrected chi connectivity index (χ2v) is 8.49. The second kappa shape index (κ2) is 6.06. The van der Waals surface area contributed by atoms with Crippen molar-refractivity contribution >= 4 is 23.5 Å². The minimum Gasteiger partial charge on any atom is -0.449 e. The number of benzene rings is 2. The molecule has 5 rings (SSSR count). The minimum atomic E-state index is -0.757. The van der Waals surface area contributed by atoms with Crippen molar-refractivity contribution in [2.24, 2.45) is 0 Å². The molecule has 1 amide bonds. The molecule has 1 atom stereocenters. The van der Waals surface area contributed by atoms with Gasteiger partial charge in [-0.05, 0) is 36.6 Å². The zero-order valence-corrected chi connectivity index (χ0v) is 16.0. The molecule has 2 aromatic rings. The van der Waals surface area contributed by atoms with Crippen LogP contribution in [-0.4, -0.2) is 41.1 Å². The summed E-state index contributed by atoms with van der Waals surface area (Å²) in [7, 11) is 0. The van der Waals surface area contributed by atoms with Crippen LogP contribution in [0.3, 0.4) is 0 Å². The lowest BCUT2D eigenvalue weighted by Gasteiger charge is -2.46. The Balaban J connectivity index is 1.45. The summed E-state index contributed by atoms with van der Waals surface area (Å²) in [5.41, 5.74) is 0.828. The van der Waals surface area contributed by atoms with Crippen molar-refractivity contribution in [3.05, 3.63) is 70.2 Å². The first-order valence-electron chi connectivity index (χ1n) is 9.50. The molecule has 2 aliphatic heterocycles. The van der Waals surface area contributed by atoms with Crippen molar-refractivity contribution in [1.82, 2.24) is 4.90 Å². The zero-order valence-electron chi connectivity index (χ0n) is 15.2. The first-order valence-corrected chi connectivity index (χ1v) is 9.88. The van der Waals surface area contributed by atoms with Crippen molar-refractivity contribution in [2.75, 3.05) is 13.1 Å². The molecule has 1 N–H and O–H groups in total. The number of esters is 1. The molecule has 144 valence electrons. The Kier molecular flexibility index (Phi) is 3.83. The lowest BCUT2D eigenvalue weighted by atomic mass is 9.62. The predicted molar refractivity (Wildman–Crippen MR) is 103 cm³/mol. The van der Waals surface area contributed by atoms with Crippen molar-refractivity contribution < 1.29 is 19.4 Å². The number of likely N-dealkylation sites (tertiary alicyclic amines) is 1. The molecule has 0 radical (unpaired) electrons. The van der Waals surface area contributed by atoms with E-state index in [1.807, 2.05) is 30.3 Å². The Morgan fingerprint density at radius 3 is 2.57 bits per heavy atom. The molecule has 0 aromatic heterocycles. The molecule has 1 saturated carbocycles. The molecular weight excluding hydrogens is 378 g/mol. The third kappa shape index (κ3) is 2.43. The van der Waals surface area contributed by atoms with Crippen LogP contribution in [0.1, 0.15) is 40.7 Å². The molecule has 6 heteroatoms. The van der Waals surface area contributed by atoms with E-state index in [9.17, 15) is 14.7 Å². The fourth-order valence-electron chi connectivity index (χ4n) is 4.95. The highest BCUT2D eigenvalue weighted by molar-refractivity contribution is 6.30. The normalized spacial score (nSPS) is 30.9. The maximum Gasteiger partial charge on any atom is 0.339 e. The Hall–Kier alpha value is -2.37. The SMILES string of the molecule is O=C1OC2(CCN(C(=O)C3(c4ccc(Cl)cc4)CC(O)C3)C2)c2ccccc21. The van der Waals surface area contributed by atoms with Gasteiger partial charge in [0.15, 0.2) is 5.60 Å². The van der Waals surface area contributed by atoms with Gasteiger partial charge in [0.25, 0.3) is 0 Å². The van der Waals surface area contributed by atoms with E-state index in [2.05, 4.69) is 0 Å². The molecular formula is C22H20ClNO4. The van der Waals surface area contributed by atoms with Crippen LogP contribution in [0.2, 0.25) is 5.02 Å². The Morgan fingerprint density at radius 1 is 1.14 bits per heavy atom. The van der Waals surface area contributed by atoms with Crippen molar-refractivity contribution in [1.29, 1.82) is 0 Å². The van der Waals surface area contributed by atoms with E-state index in [4.69, 9.17) is 16.3 Å². The Morgan fingerprint density at radius 2 is 1.86 bits per heavy atom. The maximum atomic E-state index is 13.6. The monoisotopic (exact) mass is 397 g/mol. The fourth-order valence-corrected chi connectivity index (χ4v) is 5.08. The summed E-state index contributed by atoms with van der Waals surface area (Å²) >= 11 is 6.01. The van der Waals surface area contributed by atoms with Gasteiger partial charge in [0.1, 0.15) is 0 Å². The van der Waals surface area contributed by atoms with Crippen molar-refractivity contribution in [3.8, 4) is 0 Å². The number of ether oxygens (including phenoxy) is 1. The van der Waals surface area contributed by atoms with Gasteiger partial charge < -0.3 is 14.7 Å². The molecule has 2 aromatic carbocycles. The average Bonchev–Trinajstić information content (AvgIpc) is 3.22. The summed E-state index contributed by atoms with van der Waals surface area (Å²) in [6, 6.07) is 14.7. The molecule has 2 fully saturated rings. The number of aliphatic hydroxyl groups excluding tert-OH is 1. The number of nitrogens with zero attached hydrogens (tertiary/aromatic N) is 1. The molecule has 28 heavy (non-hydrogen) atoms. The summed E-state index contributed by atoms with van der Waals surface area (Å²) in [6.07, 6.45) is 0.891. The van der Waals surface area contributed by atoms with Crippen LogP contribution in [0, 0.1) is 0 Å². The number of halogens is 1. The third-order valence-corrected chi connectivity index (χ3v) is 6.67. The van der Waals surface area contributed by atoms with Crippen LogP contribution < -0.4 is 0 Å². The van der Waals surface area contributed by atoms with E-state index in [1.165, 1.54) is 0 Å². The Bertz CT molecular complexity index is 967. The highest BCUT2D eigenvalue weighted by Crippen LogP contribution is 2.49. The van der Waals surface area contributed by atoms with Gasteiger partial charge in [-0.2, -0.15) is 0 Å². The van der Waals surface area contributed by atoms with Crippen LogP contribution >= 0.6 is 11.6 Å². The standard InChI is InChI=1S/C22H20ClNO4/c23-15-7-5-14(6-8-15)21(11-16(25)12-21)20(27)24-10-9-22(13-24)18-4-2-1-3-17(18)19(26)28-22/h1-8,16,25H,9-13H2. The van der Waals surface area contributed by atoms with Gasteiger partial charge in [-0.25, -0.2) is 4.79 Å². The molecule has 3 aliphatic rings. The highest BCUT2D eigenvalue weighted by atomic mass is 35.5. The minimum absolute atomic E-state index is 0.0163. The van der Waals surface area contributed by atoms with Crippen LogP contribution in [0.5, 0.6) is 0 Å². The molecule has 1 aliphatic carbocycles. The van der Waals surface area contributed by atoms with Gasteiger partial charge in [-0.1, -0.05) is 41.9 Å². The number of carbonyl (C=O) groups is 2. The lowest BCUT2D eigenvalue weighted by molar-refractivity contribution is -0.146. The summed E-state index contributed by atoms with van der Waals surface area (Å²) in [4.78, 5) is 27.6. The van der Waals surface area contributed by atoms with E-state index in [-0.39, 0.29) is 11.9 Å². The van der Waals surface area contributed by atoms with Crippen LogP contribution in [-0.2, 0) is 20.5 Å². The number of aliphatic hydroxyl groups is 1. The van der Waals surface area contributed by atoms with Gasteiger partial charge in [-0.3, -0.25) is 4.79 Å². The van der Waals surface area contributed by atoms with E-state index in [0.29, 0.717) is 42.9 Å². The van der Waals surface area contributed by atoms with E-state index < -0.39 is 17.1 Å². The van der Waals surface area contributed by atoms with Crippen LogP contribution in [0.4, 0.5) is 0 Å². The smallest absolute Gasteiger partial charge is 0.339 e. The van der Waals surface area contributed by atoms with Gasteiger partial charge >= 0.3 is 5.97 Å². The van der Waals surface area contributed by atoms with Gasteiger partial charge in [0.05, 0.1) is 23.6 Å². The number of hydrogen-bond donors (Lipinski definition) is 1. The number of fused-ring (bicyclic) bond motifs is 2. The fraction of sp³-hybridized carbons (Fsp3) is 0.364. The number of amides is 1. The zero-order chi connectivity index (χ0) is 19.5. The topological polar surface area (TPSA) is 66.8 Å². The summed E-state index contributed by atoms with van der Waals surface area (Å²) < 4.78 is 5.77. The van der Waals surface area contributed by atoms with E-state index in [0.717, 1.165) is 11.1 Å². The lowest BCUT2D eigenvalue weighted by Crippen LogP contribution is -2.56. The quantitative estimate of drug-likeness (QED) is 0.791. The molecule has 1 unspecified atom stereocenters. The second-order valence-electron chi connectivity index (χ2n) is 8.06.